The number of hydrogen-bond acceptors (Lipinski definition) is 4. The number of thiophene rings is 1. The number of nitrogens with zero attached hydrogens (tertiary/aromatic N) is 1. The van der Waals surface area contributed by atoms with Crippen LogP contribution in [0.25, 0.3) is 5.76 Å². The molecule has 0 radical (unpaired) electrons. The molecule has 0 bridgehead atoms. The number of aliphatic hydroxyl groups excluding tert-OH is 1. The number of halogens is 2. The highest BCUT2D eigenvalue weighted by atomic mass is 32.1. The fourth-order valence-corrected chi connectivity index (χ4v) is 4.14. The summed E-state index contributed by atoms with van der Waals surface area (Å²) in [6.45, 7) is 1.89. The highest BCUT2D eigenvalue weighted by molar-refractivity contribution is 7.10. The van der Waals surface area contributed by atoms with Crippen molar-refractivity contribution in [1.29, 1.82) is 0 Å². The number of hydrogen-bond donors (Lipinski definition) is 1. The third-order valence-electron chi connectivity index (χ3n) is 4.76. The van der Waals surface area contributed by atoms with E-state index in [4.69, 9.17) is 0 Å². The normalized spacial score (nSPS) is 18.4. The lowest BCUT2D eigenvalue weighted by Crippen LogP contribution is -2.29. The number of aryl methyl sites for hydroxylation is 1. The number of anilines is 1. The molecule has 0 saturated carbocycles. The van der Waals surface area contributed by atoms with E-state index in [1.54, 1.807) is 41.8 Å². The highest BCUT2D eigenvalue weighted by Gasteiger charge is 2.47. The van der Waals surface area contributed by atoms with Crippen molar-refractivity contribution in [3.63, 3.8) is 0 Å². The Bertz CT molecular complexity index is 1140. The van der Waals surface area contributed by atoms with E-state index in [2.05, 4.69) is 0 Å². The van der Waals surface area contributed by atoms with E-state index >= 15 is 0 Å². The first-order valence-corrected chi connectivity index (χ1v) is 9.63. The van der Waals surface area contributed by atoms with Crippen molar-refractivity contribution in [3.05, 3.63) is 93.2 Å². The number of ketones is 1. The lowest BCUT2D eigenvalue weighted by Gasteiger charge is -2.24. The van der Waals surface area contributed by atoms with E-state index in [0.29, 0.717) is 10.4 Å². The molecule has 1 amide bonds. The Hall–Kier alpha value is -3.32. The monoisotopic (exact) mass is 411 g/mol. The van der Waals surface area contributed by atoms with Gasteiger partial charge in [-0.25, -0.2) is 8.78 Å². The number of carbonyl (C=O) groups excluding carboxylic acids is 2. The van der Waals surface area contributed by atoms with Gasteiger partial charge in [0.1, 0.15) is 11.8 Å². The maximum absolute atomic E-state index is 13.8. The molecule has 1 unspecified atom stereocenters. The zero-order valence-electron chi connectivity index (χ0n) is 15.2. The summed E-state index contributed by atoms with van der Waals surface area (Å²) in [4.78, 5) is 27.4. The van der Waals surface area contributed by atoms with E-state index in [1.807, 2.05) is 6.92 Å². The molecule has 1 fully saturated rings. The Labute approximate surface area is 169 Å². The molecule has 1 aliphatic heterocycles. The van der Waals surface area contributed by atoms with Gasteiger partial charge in [-0.1, -0.05) is 35.9 Å². The van der Waals surface area contributed by atoms with Gasteiger partial charge in [-0.2, -0.15) is 0 Å². The van der Waals surface area contributed by atoms with Crippen LogP contribution < -0.4 is 4.90 Å². The molecule has 0 aliphatic carbocycles. The number of amides is 1. The van der Waals surface area contributed by atoms with Gasteiger partial charge in [0.15, 0.2) is 11.6 Å². The van der Waals surface area contributed by atoms with Crippen LogP contribution in [0.3, 0.4) is 0 Å². The summed E-state index contributed by atoms with van der Waals surface area (Å²) in [7, 11) is 0. The van der Waals surface area contributed by atoms with Crippen LogP contribution in [0, 0.1) is 18.6 Å². The van der Waals surface area contributed by atoms with Crippen molar-refractivity contribution in [2.24, 2.45) is 0 Å². The number of benzene rings is 2. The van der Waals surface area contributed by atoms with Crippen LogP contribution in [-0.2, 0) is 9.59 Å². The molecule has 2 heterocycles. The van der Waals surface area contributed by atoms with E-state index in [1.165, 1.54) is 17.4 Å². The molecule has 1 atom stereocenters. The second-order valence-corrected chi connectivity index (χ2v) is 7.63. The van der Waals surface area contributed by atoms with Gasteiger partial charge in [0.25, 0.3) is 11.7 Å². The van der Waals surface area contributed by atoms with E-state index in [-0.39, 0.29) is 17.0 Å². The molecular formula is C22H15F2NO3S. The summed E-state index contributed by atoms with van der Waals surface area (Å²) in [5.41, 5.74) is 1.30. The van der Waals surface area contributed by atoms with Crippen LogP contribution in [0.15, 0.2) is 65.6 Å². The lowest BCUT2D eigenvalue weighted by atomic mass is 9.99. The molecule has 1 saturated heterocycles. The summed E-state index contributed by atoms with van der Waals surface area (Å²) in [6, 6.07) is 12.4. The molecule has 1 aromatic heterocycles. The molecule has 7 heteroatoms. The molecular weight excluding hydrogens is 396 g/mol. The van der Waals surface area contributed by atoms with Gasteiger partial charge in [0.05, 0.1) is 5.57 Å². The van der Waals surface area contributed by atoms with Gasteiger partial charge in [-0.3, -0.25) is 14.5 Å². The van der Waals surface area contributed by atoms with Gasteiger partial charge in [0, 0.05) is 22.2 Å². The van der Waals surface area contributed by atoms with Crippen LogP contribution >= 0.6 is 11.3 Å². The third-order valence-corrected chi connectivity index (χ3v) is 5.69. The standard InChI is InChI=1S/C22H15F2NO3S/c1-12-4-6-13(7-5-12)20(26)18-19(17-3-2-10-29-17)25(22(28)21(18)27)14-8-9-15(23)16(24)11-14/h2-11,19,26H,1H3/b20-18-. The molecule has 2 aromatic carbocycles. The summed E-state index contributed by atoms with van der Waals surface area (Å²) < 4.78 is 27.2. The maximum atomic E-state index is 13.8. The van der Waals surface area contributed by atoms with Crippen LogP contribution in [-0.4, -0.2) is 16.8 Å². The minimum atomic E-state index is -1.13. The lowest BCUT2D eigenvalue weighted by molar-refractivity contribution is -0.132. The Kier molecular flexibility index (Phi) is 4.76. The highest BCUT2D eigenvalue weighted by Crippen LogP contribution is 2.43. The Morgan fingerprint density at radius 1 is 1.03 bits per heavy atom. The molecule has 29 heavy (non-hydrogen) atoms. The largest absolute Gasteiger partial charge is 0.507 e. The Morgan fingerprint density at radius 2 is 1.76 bits per heavy atom. The summed E-state index contributed by atoms with van der Waals surface area (Å²) in [5.74, 6) is -4.30. The average Bonchev–Trinajstić information content (AvgIpc) is 3.32. The number of carbonyl (C=O) groups is 2. The smallest absolute Gasteiger partial charge is 0.300 e. The summed E-state index contributed by atoms with van der Waals surface area (Å²) in [5, 5.41) is 12.7. The molecule has 3 aromatic rings. The number of aliphatic hydroxyl groups is 1. The van der Waals surface area contributed by atoms with Gasteiger partial charge in [0.2, 0.25) is 0 Å². The van der Waals surface area contributed by atoms with Crippen molar-refractivity contribution in [3.8, 4) is 0 Å². The number of Topliss-reactive ketones (excluding diaryl/α,β-unsaturated/α-hetero) is 1. The van der Waals surface area contributed by atoms with Crippen molar-refractivity contribution in [2.75, 3.05) is 4.90 Å². The van der Waals surface area contributed by atoms with Gasteiger partial charge >= 0.3 is 0 Å². The third kappa shape index (κ3) is 3.23. The number of rotatable bonds is 3. The van der Waals surface area contributed by atoms with Crippen molar-refractivity contribution >= 4 is 34.5 Å². The SMILES string of the molecule is Cc1ccc(/C(O)=C2/C(=O)C(=O)N(c3ccc(F)c(F)c3)C2c2cccs2)cc1. The van der Waals surface area contributed by atoms with E-state index in [9.17, 15) is 23.5 Å². The fraction of sp³-hybridized carbons (Fsp3) is 0.0909. The van der Waals surface area contributed by atoms with Gasteiger partial charge < -0.3 is 5.11 Å². The van der Waals surface area contributed by atoms with Crippen LogP contribution in [0.1, 0.15) is 22.0 Å². The minimum absolute atomic E-state index is 0.0346. The fourth-order valence-electron chi connectivity index (χ4n) is 3.32. The first kappa shape index (κ1) is 19.0. The average molecular weight is 411 g/mol. The van der Waals surface area contributed by atoms with Crippen molar-refractivity contribution in [2.45, 2.75) is 13.0 Å². The van der Waals surface area contributed by atoms with Crippen LogP contribution in [0.4, 0.5) is 14.5 Å². The van der Waals surface area contributed by atoms with E-state index < -0.39 is 29.4 Å². The Balaban J connectivity index is 1.92. The molecule has 1 aliphatic rings. The molecule has 4 rings (SSSR count). The summed E-state index contributed by atoms with van der Waals surface area (Å²) in [6.07, 6.45) is 0. The molecule has 1 N–H and O–H groups in total. The van der Waals surface area contributed by atoms with Crippen LogP contribution in [0.2, 0.25) is 0 Å². The van der Waals surface area contributed by atoms with Gasteiger partial charge in [-0.05, 0) is 30.5 Å². The summed E-state index contributed by atoms with van der Waals surface area (Å²) >= 11 is 1.29. The molecule has 146 valence electrons. The van der Waals surface area contributed by atoms with Crippen molar-refractivity contribution < 1.29 is 23.5 Å². The topological polar surface area (TPSA) is 57.6 Å². The quantitative estimate of drug-likeness (QED) is 0.376. The van der Waals surface area contributed by atoms with Crippen molar-refractivity contribution in [1.82, 2.24) is 0 Å². The second-order valence-electron chi connectivity index (χ2n) is 6.65. The zero-order chi connectivity index (χ0) is 20.7. The van der Waals surface area contributed by atoms with E-state index in [0.717, 1.165) is 22.6 Å². The van der Waals surface area contributed by atoms with Gasteiger partial charge in [-0.15, -0.1) is 11.3 Å². The molecule has 0 spiro atoms. The Morgan fingerprint density at radius 3 is 2.38 bits per heavy atom. The van der Waals surface area contributed by atoms with Crippen LogP contribution in [0.5, 0.6) is 0 Å². The maximum Gasteiger partial charge on any atom is 0.300 e. The first-order valence-electron chi connectivity index (χ1n) is 8.75. The predicted molar refractivity (Wildman–Crippen MR) is 107 cm³/mol. The minimum Gasteiger partial charge on any atom is -0.507 e. The molecule has 4 nitrogen and oxygen atoms in total. The second kappa shape index (κ2) is 7.25. The predicted octanol–water partition coefficient (Wildman–Crippen LogP) is 4.96. The zero-order valence-corrected chi connectivity index (χ0v) is 16.0. The first-order chi connectivity index (χ1) is 13.9.